The Morgan fingerprint density at radius 3 is 2.91 bits per heavy atom. The molecule has 0 saturated carbocycles. The van der Waals surface area contributed by atoms with Crippen molar-refractivity contribution in [2.75, 3.05) is 7.11 Å². The van der Waals surface area contributed by atoms with Crippen molar-refractivity contribution in [1.29, 1.82) is 0 Å². The van der Waals surface area contributed by atoms with Crippen molar-refractivity contribution in [3.63, 3.8) is 0 Å². The van der Waals surface area contributed by atoms with E-state index in [4.69, 9.17) is 5.11 Å². The Morgan fingerprint density at radius 1 is 1.36 bits per heavy atom. The molecule has 2 rings (SSSR count). The number of aliphatic hydroxyl groups excluding tert-OH is 1. The van der Waals surface area contributed by atoms with Crippen LogP contribution in [0.5, 0.6) is 0 Å². The van der Waals surface area contributed by atoms with Crippen LogP contribution in [0.15, 0.2) is 24.7 Å². The Kier molecular flexibility index (Phi) is 2.57. The van der Waals surface area contributed by atoms with Crippen molar-refractivity contribution in [2.24, 2.45) is 0 Å². The molecule has 58 valence electrons. The fourth-order valence-electron chi connectivity index (χ4n) is 0.775. The molecule has 0 aliphatic carbocycles. The summed E-state index contributed by atoms with van der Waals surface area (Å²) in [5.41, 5.74) is 1.76. The van der Waals surface area contributed by atoms with Gasteiger partial charge >= 0.3 is 0 Å². The van der Waals surface area contributed by atoms with Crippen LogP contribution in [0.25, 0.3) is 11.2 Å². The highest BCUT2D eigenvalue weighted by Crippen LogP contribution is 2.01. The maximum absolute atomic E-state index is 7.00. The summed E-state index contributed by atoms with van der Waals surface area (Å²) in [5, 5.41) is 7.00. The van der Waals surface area contributed by atoms with Gasteiger partial charge in [-0.15, -0.1) is 0 Å². The van der Waals surface area contributed by atoms with E-state index in [1.165, 1.54) is 0 Å². The molecule has 0 unspecified atom stereocenters. The Labute approximate surface area is 63.9 Å². The van der Waals surface area contributed by atoms with E-state index in [0.29, 0.717) is 0 Å². The third-order valence-electron chi connectivity index (χ3n) is 1.19. The highest BCUT2D eigenvalue weighted by atomic mass is 16.2. The van der Waals surface area contributed by atoms with E-state index in [1.807, 2.05) is 12.1 Å². The van der Waals surface area contributed by atoms with Gasteiger partial charge in [0.15, 0.2) is 5.65 Å². The molecule has 0 radical (unpaired) electrons. The molecule has 11 heavy (non-hydrogen) atoms. The first-order chi connectivity index (χ1) is 5.47. The summed E-state index contributed by atoms with van der Waals surface area (Å²) in [6.45, 7) is 0. The first-order valence-electron chi connectivity index (χ1n) is 3.15. The number of hydrogen-bond donors (Lipinski definition) is 2. The summed E-state index contributed by atoms with van der Waals surface area (Å²) in [7, 11) is 1.00. The lowest BCUT2D eigenvalue weighted by Gasteiger charge is -1.80. The summed E-state index contributed by atoms with van der Waals surface area (Å²) < 4.78 is 0. The quantitative estimate of drug-likeness (QED) is 0.578. The van der Waals surface area contributed by atoms with Crippen molar-refractivity contribution in [2.45, 2.75) is 0 Å². The van der Waals surface area contributed by atoms with Gasteiger partial charge in [0, 0.05) is 13.3 Å². The van der Waals surface area contributed by atoms with Crippen molar-refractivity contribution < 1.29 is 5.11 Å². The average molecular weight is 151 g/mol. The van der Waals surface area contributed by atoms with Gasteiger partial charge in [0.05, 0.1) is 11.8 Å². The molecule has 0 atom stereocenters. The van der Waals surface area contributed by atoms with Gasteiger partial charge in [0.25, 0.3) is 0 Å². The topological polar surface area (TPSA) is 61.8 Å². The van der Waals surface area contributed by atoms with E-state index >= 15 is 0 Å². The largest absolute Gasteiger partial charge is 0.400 e. The third kappa shape index (κ3) is 1.53. The molecule has 0 amide bonds. The van der Waals surface area contributed by atoms with Crippen LogP contribution in [0.2, 0.25) is 0 Å². The number of hydrogen-bond acceptors (Lipinski definition) is 3. The average Bonchev–Trinajstić information content (AvgIpc) is 2.55. The number of nitrogens with one attached hydrogen (secondary N) is 1. The Hall–Kier alpha value is -1.42. The van der Waals surface area contributed by atoms with E-state index in [0.717, 1.165) is 18.3 Å². The minimum Gasteiger partial charge on any atom is -0.400 e. The second-order valence-corrected chi connectivity index (χ2v) is 1.78. The van der Waals surface area contributed by atoms with E-state index < -0.39 is 0 Å². The first kappa shape index (κ1) is 7.68. The van der Waals surface area contributed by atoms with Gasteiger partial charge in [-0.25, -0.2) is 9.97 Å². The smallest absolute Gasteiger partial charge is 0.177 e. The maximum Gasteiger partial charge on any atom is 0.177 e. The van der Waals surface area contributed by atoms with Gasteiger partial charge in [-0.05, 0) is 12.1 Å². The molecular formula is C7H9N3O. The number of rotatable bonds is 0. The number of pyridine rings is 1. The molecule has 2 aromatic rings. The molecule has 4 nitrogen and oxygen atoms in total. The second-order valence-electron chi connectivity index (χ2n) is 1.78. The molecule has 0 fully saturated rings. The fraction of sp³-hybridized carbons (Fsp3) is 0.143. The Bertz CT molecular complexity index is 288. The number of H-pyrrole nitrogens is 1. The summed E-state index contributed by atoms with van der Waals surface area (Å²) >= 11 is 0. The Balaban J connectivity index is 0.000000281. The van der Waals surface area contributed by atoms with Crippen LogP contribution in [0.3, 0.4) is 0 Å². The molecular weight excluding hydrogens is 142 g/mol. The van der Waals surface area contributed by atoms with Crippen LogP contribution in [-0.4, -0.2) is 27.2 Å². The van der Waals surface area contributed by atoms with Crippen LogP contribution >= 0.6 is 0 Å². The molecule has 0 saturated heterocycles. The number of imidazole rings is 1. The van der Waals surface area contributed by atoms with E-state index in [9.17, 15) is 0 Å². The zero-order valence-electron chi connectivity index (χ0n) is 6.15. The number of aromatic nitrogens is 3. The lowest BCUT2D eigenvalue weighted by atomic mass is 10.4. The van der Waals surface area contributed by atoms with Gasteiger partial charge < -0.3 is 10.1 Å². The molecule has 2 heterocycles. The zero-order valence-corrected chi connectivity index (χ0v) is 6.15. The summed E-state index contributed by atoms with van der Waals surface area (Å²) in [5.74, 6) is 0. The van der Waals surface area contributed by atoms with Gasteiger partial charge in [-0.1, -0.05) is 0 Å². The molecule has 2 aromatic heterocycles. The Morgan fingerprint density at radius 2 is 2.18 bits per heavy atom. The molecule has 0 aliphatic heterocycles. The maximum atomic E-state index is 7.00. The monoisotopic (exact) mass is 151 g/mol. The van der Waals surface area contributed by atoms with Crippen LogP contribution < -0.4 is 0 Å². The second kappa shape index (κ2) is 3.68. The van der Waals surface area contributed by atoms with Crippen molar-refractivity contribution in [3.8, 4) is 0 Å². The van der Waals surface area contributed by atoms with Crippen LogP contribution in [-0.2, 0) is 0 Å². The lowest BCUT2D eigenvalue weighted by Crippen LogP contribution is -1.71. The predicted octanol–water partition coefficient (Wildman–Crippen LogP) is 0.566. The van der Waals surface area contributed by atoms with Gasteiger partial charge in [-0.2, -0.15) is 0 Å². The lowest BCUT2D eigenvalue weighted by molar-refractivity contribution is 0.399. The van der Waals surface area contributed by atoms with E-state index in [2.05, 4.69) is 15.0 Å². The zero-order chi connectivity index (χ0) is 8.10. The minimum atomic E-state index is 0.775. The molecule has 0 aliphatic rings. The van der Waals surface area contributed by atoms with E-state index in [-0.39, 0.29) is 0 Å². The highest BCUT2D eigenvalue weighted by Gasteiger charge is 1.90. The number of aromatic amines is 1. The third-order valence-corrected chi connectivity index (χ3v) is 1.19. The predicted molar refractivity (Wildman–Crippen MR) is 42.0 cm³/mol. The molecule has 2 N–H and O–H groups in total. The number of fused-ring (bicyclic) bond motifs is 1. The molecule has 4 heteroatoms. The molecule has 0 bridgehead atoms. The van der Waals surface area contributed by atoms with Crippen LogP contribution in [0.1, 0.15) is 0 Å². The normalized spacial score (nSPS) is 8.91. The van der Waals surface area contributed by atoms with Crippen LogP contribution in [0, 0.1) is 0 Å². The van der Waals surface area contributed by atoms with Crippen molar-refractivity contribution in [3.05, 3.63) is 24.7 Å². The molecule has 0 spiro atoms. The first-order valence-corrected chi connectivity index (χ1v) is 3.15. The van der Waals surface area contributed by atoms with E-state index in [1.54, 1.807) is 12.5 Å². The standard InChI is InChI=1S/C6H5N3.CH4O/c1-2-5-6(7-3-1)9-4-8-5;1-2/h1-4H,(H,7,8,9);2H,1H3. The van der Waals surface area contributed by atoms with Crippen molar-refractivity contribution in [1.82, 2.24) is 15.0 Å². The SMILES string of the molecule is CO.c1cnc2nc[nH]c2c1. The fourth-order valence-corrected chi connectivity index (χ4v) is 0.775. The highest BCUT2D eigenvalue weighted by molar-refractivity contribution is 5.68. The summed E-state index contributed by atoms with van der Waals surface area (Å²) in [4.78, 5) is 10.9. The van der Waals surface area contributed by atoms with Crippen LogP contribution in [0.4, 0.5) is 0 Å². The van der Waals surface area contributed by atoms with Gasteiger partial charge in [0.1, 0.15) is 0 Å². The number of nitrogens with zero attached hydrogens (tertiary/aromatic N) is 2. The van der Waals surface area contributed by atoms with Gasteiger partial charge in [0.2, 0.25) is 0 Å². The minimum absolute atomic E-state index is 0.775. The summed E-state index contributed by atoms with van der Waals surface area (Å²) in [6, 6.07) is 3.82. The van der Waals surface area contributed by atoms with Gasteiger partial charge in [-0.3, -0.25) is 0 Å². The number of aliphatic hydroxyl groups is 1. The summed E-state index contributed by atoms with van der Waals surface area (Å²) in [6.07, 6.45) is 3.36. The molecule has 0 aromatic carbocycles. The van der Waals surface area contributed by atoms with Crippen molar-refractivity contribution >= 4 is 11.2 Å².